The summed E-state index contributed by atoms with van der Waals surface area (Å²) in [5, 5.41) is 5.18. The zero-order valence-electron chi connectivity index (χ0n) is 19.8. The van der Waals surface area contributed by atoms with E-state index < -0.39 is 5.41 Å². The number of benzene rings is 3. The third kappa shape index (κ3) is 2.91. The minimum absolute atomic E-state index is 0.0720. The zero-order chi connectivity index (χ0) is 24.5. The number of anilines is 1. The van der Waals surface area contributed by atoms with E-state index in [2.05, 4.69) is 48.8 Å². The van der Waals surface area contributed by atoms with E-state index in [4.69, 9.17) is 9.47 Å². The number of halogens is 1. The Labute approximate surface area is 211 Å². The van der Waals surface area contributed by atoms with Gasteiger partial charge in [0, 0.05) is 76.2 Å². The fraction of sp³-hybridized carbons (Fsp3) is 0.179. The Morgan fingerprint density at radius 2 is 1.31 bits per heavy atom. The van der Waals surface area contributed by atoms with Crippen molar-refractivity contribution in [2.24, 2.45) is 14.1 Å². The molecule has 2 aromatic heterocycles. The molecule has 0 bridgehead atoms. The summed E-state index contributed by atoms with van der Waals surface area (Å²) in [7, 11) is 7.33. The molecule has 0 aliphatic carbocycles. The van der Waals surface area contributed by atoms with Crippen LogP contribution in [0.25, 0.3) is 21.8 Å². The lowest BCUT2D eigenvalue weighted by Gasteiger charge is -2.28. The summed E-state index contributed by atoms with van der Waals surface area (Å²) in [5.41, 5.74) is 4.53. The molecule has 1 aliphatic rings. The van der Waals surface area contributed by atoms with E-state index in [-0.39, 0.29) is 5.91 Å². The van der Waals surface area contributed by atoms with Crippen molar-refractivity contribution in [1.29, 1.82) is 0 Å². The molecule has 3 aromatic carbocycles. The first kappa shape index (κ1) is 21.8. The average molecular weight is 530 g/mol. The van der Waals surface area contributed by atoms with Gasteiger partial charge in [-0.15, -0.1) is 0 Å². The molecule has 1 amide bonds. The van der Waals surface area contributed by atoms with Gasteiger partial charge in [-0.3, -0.25) is 4.79 Å². The topological polar surface area (TPSA) is 57.4 Å². The Kier molecular flexibility index (Phi) is 4.76. The van der Waals surface area contributed by atoms with E-state index in [1.54, 1.807) is 14.2 Å². The van der Waals surface area contributed by atoms with E-state index in [0.29, 0.717) is 0 Å². The highest BCUT2D eigenvalue weighted by atomic mass is 79.9. The molecular formula is C28H24BrN3O3. The molecule has 3 heterocycles. The van der Waals surface area contributed by atoms with Crippen molar-refractivity contribution in [2.45, 2.75) is 5.41 Å². The minimum Gasteiger partial charge on any atom is -0.497 e. The fourth-order valence-corrected chi connectivity index (χ4v) is 5.89. The van der Waals surface area contributed by atoms with Crippen molar-refractivity contribution in [3.8, 4) is 11.5 Å². The highest BCUT2D eigenvalue weighted by Gasteiger charge is 2.52. The van der Waals surface area contributed by atoms with Crippen molar-refractivity contribution in [1.82, 2.24) is 9.13 Å². The van der Waals surface area contributed by atoms with Gasteiger partial charge in [0.05, 0.1) is 25.3 Å². The average Bonchev–Trinajstić information content (AvgIpc) is 3.47. The van der Waals surface area contributed by atoms with Crippen LogP contribution in [0.1, 0.15) is 16.7 Å². The monoisotopic (exact) mass is 529 g/mol. The second-order valence-electron chi connectivity index (χ2n) is 8.97. The standard InChI is InChI=1S/C28H24BrN3O3/c1-31-14-22(19-8-6-17(34-3)12-25(19)31)28(21-11-16(29)5-10-24(21)30-27(28)33)23-15-32(2)26-13-18(35-4)7-9-20(23)26/h5-15H,1-4H3,(H,30,33). The van der Waals surface area contributed by atoms with Gasteiger partial charge in [-0.1, -0.05) is 15.9 Å². The Balaban J connectivity index is 1.78. The molecule has 6 nitrogen and oxygen atoms in total. The largest absolute Gasteiger partial charge is 0.497 e. The number of nitrogens with one attached hydrogen (secondary N) is 1. The Hall–Kier alpha value is -3.71. The smallest absolute Gasteiger partial charge is 0.244 e. The second kappa shape index (κ2) is 7.65. The maximum atomic E-state index is 14.2. The first-order valence-corrected chi connectivity index (χ1v) is 12.1. The van der Waals surface area contributed by atoms with Crippen molar-refractivity contribution in [3.63, 3.8) is 0 Å². The lowest BCUT2D eigenvalue weighted by atomic mass is 9.70. The van der Waals surface area contributed by atoms with Crippen LogP contribution in [0, 0.1) is 0 Å². The molecule has 0 spiro atoms. The lowest BCUT2D eigenvalue weighted by Crippen LogP contribution is -2.36. The van der Waals surface area contributed by atoms with E-state index in [1.165, 1.54) is 0 Å². The summed E-state index contributed by atoms with van der Waals surface area (Å²) in [6, 6.07) is 18.0. The molecule has 0 unspecified atom stereocenters. The first-order chi connectivity index (χ1) is 16.9. The van der Waals surface area contributed by atoms with Gasteiger partial charge in [0.25, 0.3) is 0 Å². The molecule has 5 aromatic rings. The van der Waals surface area contributed by atoms with Gasteiger partial charge in [-0.25, -0.2) is 0 Å². The van der Waals surface area contributed by atoms with E-state index in [1.807, 2.05) is 62.6 Å². The number of methoxy groups -OCH3 is 2. The third-order valence-corrected chi connectivity index (χ3v) is 7.67. The van der Waals surface area contributed by atoms with Crippen LogP contribution < -0.4 is 14.8 Å². The van der Waals surface area contributed by atoms with Crippen molar-refractivity contribution in [2.75, 3.05) is 19.5 Å². The van der Waals surface area contributed by atoms with Crippen molar-refractivity contribution >= 4 is 49.3 Å². The van der Waals surface area contributed by atoms with E-state index in [0.717, 1.165) is 60.2 Å². The summed E-state index contributed by atoms with van der Waals surface area (Å²) in [5.74, 6) is 1.48. The van der Waals surface area contributed by atoms with Gasteiger partial charge in [0.1, 0.15) is 16.9 Å². The number of rotatable bonds is 4. The highest BCUT2D eigenvalue weighted by molar-refractivity contribution is 9.10. The van der Waals surface area contributed by atoms with Crippen molar-refractivity contribution < 1.29 is 14.3 Å². The number of nitrogens with zero attached hydrogens (tertiary/aromatic N) is 2. The molecule has 0 fully saturated rings. The maximum absolute atomic E-state index is 14.2. The Morgan fingerprint density at radius 1 is 0.771 bits per heavy atom. The number of ether oxygens (including phenoxy) is 2. The van der Waals surface area contributed by atoms with Gasteiger partial charge in [0.15, 0.2) is 0 Å². The number of hydrogen-bond donors (Lipinski definition) is 1. The third-order valence-electron chi connectivity index (χ3n) is 7.18. The van der Waals surface area contributed by atoms with Gasteiger partial charge in [-0.05, 0) is 42.5 Å². The summed E-state index contributed by atoms with van der Waals surface area (Å²) in [4.78, 5) is 14.2. The maximum Gasteiger partial charge on any atom is 0.244 e. The van der Waals surface area contributed by atoms with Crippen LogP contribution in [0.15, 0.2) is 71.5 Å². The molecule has 6 rings (SSSR count). The molecule has 1 aliphatic heterocycles. The van der Waals surface area contributed by atoms with Gasteiger partial charge >= 0.3 is 0 Å². The van der Waals surface area contributed by atoms with Crippen molar-refractivity contribution in [3.05, 3.63) is 88.2 Å². The summed E-state index contributed by atoms with van der Waals surface area (Å²) < 4.78 is 16.0. The molecule has 0 atom stereocenters. The predicted octanol–water partition coefficient (Wildman–Crippen LogP) is 5.74. The number of hydrogen-bond acceptors (Lipinski definition) is 3. The van der Waals surface area contributed by atoms with Crippen LogP contribution in [-0.4, -0.2) is 29.3 Å². The Morgan fingerprint density at radius 3 is 1.83 bits per heavy atom. The second-order valence-corrected chi connectivity index (χ2v) is 9.88. The molecule has 0 radical (unpaired) electrons. The number of aromatic nitrogens is 2. The number of carbonyl (C=O) groups is 1. The van der Waals surface area contributed by atoms with Crippen LogP contribution in [-0.2, 0) is 24.3 Å². The molecular weight excluding hydrogens is 506 g/mol. The number of amides is 1. The van der Waals surface area contributed by atoms with Gasteiger partial charge in [-0.2, -0.15) is 0 Å². The van der Waals surface area contributed by atoms with Crippen LogP contribution >= 0.6 is 15.9 Å². The van der Waals surface area contributed by atoms with Gasteiger partial charge < -0.3 is 23.9 Å². The lowest BCUT2D eigenvalue weighted by molar-refractivity contribution is -0.118. The molecule has 35 heavy (non-hydrogen) atoms. The van der Waals surface area contributed by atoms with Crippen LogP contribution in [0.5, 0.6) is 11.5 Å². The molecule has 7 heteroatoms. The first-order valence-electron chi connectivity index (χ1n) is 11.3. The highest BCUT2D eigenvalue weighted by Crippen LogP contribution is 2.52. The molecule has 0 saturated heterocycles. The molecule has 0 saturated carbocycles. The quantitative estimate of drug-likeness (QED) is 0.323. The number of aryl methyl sites for hydroxylation is 2. The Bertz CT molecular complexity index is 1580. The van der Waals surface area contributed by atoms with Crippen LogP contribution in [0.4, 0.5) is 5.69 Å². The van der Waals surface area contributed by atoms with Crippen LogP contribution in [0.3, 0.4) is 0 Å². The summed E-state index contributed by atoms with van der Waals surface area (Å²) in [6.45, 7) is 0. The van der Waals surface area contributed by atoms with Crippen LogP contribution in [0.2, 0.25) is 0 Å². The van der Waals surface area contributed by atoms with Gasteiger partial charge in [0.2, 0.25) is 5.91 Å². The predicted molar refractivity (Wildman–Crippen MR) is 142 cm³/mol. The summed E-state index contributed by atoms with van der Waals surface area (Å²) in [6.07, 6.45) is 4.14. The zero-order valence-corrected chi connectivity index (χ0v) is 21.4. The van der Waals surface area contributed by atoms with E-state index >= 15 is 0 Å². The normalized spacial score (nSPS) is 14.4. The number of carbonyl (C=O) groups excluding carboxylic acids is 1. The SMILES string of the molecule is COc1ccc2c(C3(c4cn(C)c5cc(OC)ccc45)C(=O)Nc4ccc(Br)cc43)cn(C)c2c1. The molecule has 1 N–H and O–H groups in total. The van der Waals surface area contributed by atoms with E-state index in [9.17, 15) is 4.79 Å². The minimum atomic E-state index is -1.05. The summed E-state index contributed by atoms with van der Waals surface area (Å²) >= 11 is 3.65. The molecule has 176 valence electrons. The number of fused-ring (bicyclic) bond motifs is 3. The fourth-order valence-electron chi connectivity index (χ4n) is 5.53.